The van der Waals surface area contributed by atoms with Gasteiger partial charge in [0.25, 0.3) is 0 Å². The van der Waals surface area contributed by atoms with Gasteiger partial charge in [-0.05, 0) is 12.1 Å². The highest BCUT2D eigenvalue weighted by molar-refractivity contribution is 6.57. The van der Waals surface area contributed by atoms with E-state index in [1.54, 1.807) is 6.33 Å². The van der Waals surface area contributed by atoms with E-state index < -0.39 is 16.5 Å². The Morgan fingerprint density at radius 2 is 1.74 bits per heavy atom. The molecule has 0 bridgehead atoms. The highest BCUT2D eigenvalue weighted by Gasteiger charge is 2.52. The first kappa shape index (κ1) is 15.7. The van der Waals surface area contributed by atoms with E-state index in [2.05, 4.69) is 33.2 Å². The summed E-state index contributed by atoms with van der Waals surface area (Å²) in [4.78, 5) is 16.8. The second-order valence-electron chi connectivity index (χ2n) is 3.24. The zero-order chi connectivity index (χ0) is 14.7. The molecule has 1 aromatic heterocycles. The molecular weight excluding hydrogens is 311 g/mol. The van der Waals surface area contributed by atoms with Crippen LogP contribution in [0.25, 0.3) is 11.0 Å². The third-order valence-electron chi connectivity index (χ3n) is 1.84. The highest BCUT2D eigenvalue weighted by atomic mass is 35.5. The van der Waals surface area contributed by atoms with Gasteiger partial charge in [0.2, 0.25) is 0 Å². The molecule has 0 amide bonds. The Labute approximate surface area is 114 Å². The number of ketones is 1. The van der Waals surface area contributed by atoms with Crippen LogP contribution in [0.3, 0.4) is 0 Å². The number of imidazole rings is 1. The molecule has 0 unspecified atom stereocenters. The van der Waals surface area contributed by atoms with Crippen LogP contribution in [-0.4, -0.2) is 26.5 Å². The summed E-state index contributed by atoms with van der Waals surface area (Å²) in [7, 11) is 0. The van der Waals surface area contributed by atoms with E-state index in [-0.39, 0.29) is 0 Å². The lowest BCUT2D eigenvalue weighted by molar-refractivity contribution is -0.175. The Bertz CT molecular complexity index is 516. The Morgan fingerprint density at radius 1 is 1.16 bits per heavy atom. The molecule has 3 nitrogen and oxygen atoms in total. The van der Waals surface area contributed by atoms with E-state index in [4.69, 9.17) is 0 Å². The number of hydrogen-bond donors (Lipinski definition) is 1. The molecule has 1 aromatic carbocycles. The number of fused-ring (bicyclic) bond motifs is 1. The van der Waals surface area contributed by atoms with Gasteiger partial charge in [-0.1, -0.05) is 35.3 Å². The van der Waals surface area contributed by atoms with Crippen molar-refractivity contribution in [2.45, 2.75) is 10.8 Å². The van der Waals surface area contributed by atoms with Crippen LogP contribution in [0.2, 0.25) is 0 Å². The van der Waals surface area contributed by atoms with Crippen molar-refractivity contribution >= 4 is 40.0 Å². The monoisotopic (exact) mass is 316 g/mol. The molecule has 9 heteroatoms. The number of aromatic amines is 1. The van der Waals surface area contributed by atoms with Gasteiger partial charge in [0.15, 0.2) is 0 Å². The second-order valence-corrected chi connectivity index (χ2v) is 4.48. The van der Waals surface area contributed by atoms with Crippen LogP contribution in [0, 0.1) is 0 Å². The lowest BCUT2D eigenvalue weighted by Crippen LogP contribution is -2.34. The molecule has 0 aliphatic carbocycles. The molecule has 2 rings (SSSR count). The standard InChI is InChI=1S/C7H6N2.C3Cl2F4O/c1-2-4-7-6(3-1)8-5-9-7;4-2(5,6)1(10)3(7,8)9/h1-5H,(H,8,9);. The summed E-state index contributed by atoms with van der Waals surface area (Å²) in [6.07, 6.45) is -3.64. The molecule has 19 heavy (non-hydrogen) atoms. The molecule has 1 heterocycles. The highest BCUT2D eigenvalue weighted by Crippen LogP contribution is 2.32. The fraction of sp³-hybridized carbons (Fsp3) is 0.200. The summed E-state index contributed by atoms with van der Waals surface area (Å²) in [6.45, 7) is 0. The number of nitrogens with zero attached hydrogens (tertiary/aromatic N) is 1. The average Bonchev–Trinajstić information content (AvgIpc) is 2.74. The maximum atomic E-state index is 11.7. The summed E-state index contributed by atoms with van der Waals surface area (Å²) in [5.74, 6) is -2.82. The largest absolute Gasteiger partial charge is 0.456 e. The van der Waals surface area contributed by atoms with Crippen molar-refractivity contribution in [3.05, 3.63) is 30.6 Å². The fourth-order valence-electron chi connectivity index (χ4n) is 1.04. The number of benzene rings is 1. The van der Waals surface area contributed by atoms with Crippen molar-refractivity contribution in [2.75, 3.05) is 0 Å². The van der Waals surface area contributed by atoms with Crippen molar-refractivity contribution in [2.24, 2.45) is 0 Å². The van der Waals surface area contributed by atoms with Gasteiger partial charge in [-0.2, -0.15) is 17.6 Å². The third-order valence-corrected chi connectivity index (χ3v) is 2.19. The smallest absolute Gasteiger partial charge is 0.345 e. The van der Waals surface area contributed by atoms with E-state index in [1.807, 2.05) is 24.3 Å². The number of aromatic nitrogens is 2. The van der Waals surface area contributed by atoms with E-state index in [0.29, 0.717) is 0 Å². The van der Waals surface area contributed by atoms with E-state index in [1.165, 1.54) is 0 Å². The Hall–Kier alpha value is -1.34. The Morgan fingerprint density at radius 3 is 2.16 bits per heavy atom. The normalized spacial score (nSPS) is 11.9. The molecule has 104 valence electrons. The van der Waals surface area contributed by atoms with Crippen molar-refractivity contribution < 1.29 is 22.4 Å². The van der Waals surface area contributed by atoms with Gasteiger partial charge in [-0.15, -0.1) is 0 Å². The number of nitrogens with one attached hydrogen (secondary N) is 1. The third kappa shape index (κ3) is 4.68. The number of alkyl halides is 6. The van der Waals surface area contributed by atoms with Crippen molar-refractivity contribution in [3.63, 3.8) is 0 Å². The number of para-hydroxylation sites is 2. The fourth-order valence-corrected chi connectivity index (χ4v) is 1.25. The second kappa shape index (κ2) is 5.75. The minimum absolute atomic E-state index is 1.03. The maximum absolute atomic E-state index is 11.7. The van der Waals surface area contributed by atoms with Crippen LogP contribution < -0.4 is 0 Å². The summed E-state index contributed by atoms with van der Waals surface area (Å²) < 4.78 is 41.4. The number of carbonyl (C=O) groups is 1. The molecule has 0 spiro atoms. The molecular formula is C10H6Cl2F4N2O. The zero-order valence-electron chi connectivity index (χ0n) is 9.01. The van der Waals surface area contributed by atoms with Crippen LogP contribution in [0.5, 0.6) is 0 Å². The predicted molar refractivity (Wildman–Crippen MR) is 62.7 cm³/mol. The van der Waals surface area contributed by atoms with Gasteiger partial charge in [0.1, 0.15) is 0 Å². The molecule has 0 radical (unpaired) electrons. The maximum Gasteiger partial charge on any atom is 0.456 e. The lowest BCUT2D eigenvalue weighted by atomic mass is 10.3. The van der Waals surface area contributed by atoms with Gasteiger partial charge < -0.3 is 4.98 Å². The van der Waals surface area contributed by atoms with Crippen LogP contribution in [-0.2, 0) is 4.79 Å². The quantitative estimate of drug-likeness (QED) is 0.643. The van der Waals surface area contributed by atoms with Crippen LogP contribution in [0.15, 0.2) is 30.6 Å². The van der Waals surface area contributed by atoms with Crippen LogP contribution in [0.4, 0.5) is 17.6 Å². The minimum atomic E-state index is -5.34. The van der Waals surface area contributed by atoms with Gasteiger partial charge in [-0.25, -0.2) is 4.98 Å². The molecule has 2 aromatic rings. The number of H-pyrrole nitrogens is 1. The molecule has 0 aliphatic rings. The Balaban J connectivity index is 0.000000190. The zero-order valence-corrected chi connectivity index (χ0v) is 10.5. The molecule has 0 saturated carbocycles. The first-order valence-corrected chi connectivity index (χ1v) is 5.44. The lowest BCUT2D eigenvalue weighted by Gasteiger charge is -2.09. The SMILES string of the molecule is O=C(C(F)(F)F)C(F)(Cl)Cl.c1ccc2[nH]cnc2c1. The molecule has 1 N–H and O–H groups in total. The molecule has 0 saturated heterocycles. The van der Waals surface area contributed by atoms with Crippen molar-refractivity contribution in [1.29, 1.82) is 0 Å². The number of rotatable bonds is 1. The number of carbonyl (C=O) groups excluding carboxylic acids is 1. The summed E-state index contributed by atoms with van der Waals surface area (Å²) >= 11 is 8.39. The number of halogens is 6. The van der Waals surface area contributed by atoms with Crippen molar-refractivity contribution in [1.82, 2.24) is 9.97 Å². The van der Waals surface area contributed by atoms with E-state index in [0.717, 1.165) is 11.0 Å². The first-order chi connectivity index (χ1) is 8.62. The number of hydrogen-bond acceptors (Lipinski definition) is 2. The van der Waals surface area contributed by atoms with Gasteiger partial charge >= 0.3 is 16.5 Å². The van der Waals surface area contributed by atoms with Crippen LogP contribution in [0.1, 0.15) is 0 Å². The van der Waals surface area contributed by atoms with Crippen LogP contribution >= 0.6 is 23.2 Å². The molecule has 0 atom stereocenters. The van der Waals surface area contributed by atoms with Gasteiger partial charge in [0, 0.05) is 0 Å². The molecule has 0 fully saturated rings. The van der Waals surface area contributed by atoms with E-state index in [9.17, 15) is 22.4 Å². The summed E-state index contributed by atoms with van der Waals surface area (Å²) in [5.41, 5.74) is 2.12. The summed E-state index contributed by atoms with van der Waals surface area (Å²) in [6, 6.07) is 7.94. The minimum Gasteiger partial charge on any atom is -0.345 e. The Kier molecular flexibility index (Phi) is 4.75. The summed E-state index contributed by atoms with van der Waals surface area (Å²) in [5, 5.41) is 0. The van der Waals surface area contributed by atoms with Gasteiger partial charge in [-0.3, -0.25) is 4.79 Å². The number of Topliss-reactive ketones (excluding diaryl/α,β-unsaturated/α-hetero) is 1. The predicted octanol–water partition coefficient (Wildman–Crippen LogP) is 3.78. The van der Waals surface area contributed by atoms with E-state index >= 15 is 0 Å². The van der Waals surface area contributed by atoms with Gasteiger partial charge in [0.05, 0.1) is 17.4 Å². The average molecular weight is 317 g/mol. The topological polar surface area (TPSA) is 45.8 Å². The first-order valence-electron chi connectivity index (χ1n) is 4.69. The van der Waals surface area contributed by atoms with Crippen molar-refractivity contribution in [3.8, 4) is 0 Å². The molecule has 0 aliphatic heterocycles.